The summed E-state index contributed by atoms with van der Waals surface area (Å²) >= 11 is 0. The van der Waals surface area contributed by atoms with Gasteiger partial charge < -0.3 is 5.32 Å². The van der Waals surface area contributed by atoms with E-state index in [2.05, 4.69) is 17.2 Å². The smallest absolute Gasteiger partial charge is 0.146 e. The molecule has 1 aromatic carbocycles. The highest BCUT2D eigenvalue weighted by Crippen LogP contribution is 2.14. The molecule has 0 aromatic heterocycles. The van der Waals surface area contributed by atoms with Crippen LogP contribution in [0.3, 0.4) is 0 Å². The molecular weight excluding hydrogens is 172 g/mol. The van der Waals surface area contributed by atoms with E-state index in [0.717, 1.165) is 18.2 Å². The van der Waals surface area contributed by atoms with Gasteiger partial charge in [0.2, 0.25) is 0 Å². The van der Waals surface area contributed by atoms with E-state index in [0.29, 0.717) is 6.54 Å². The molecular formula is C10H9F2N. The van der Waals surface area contributed by atoms with Crippen LogP contribution in [0.2, 0.25) is 0 Å². The van der Waals surface area contributed by atoms with Crippen molar-refractivity contribution >= 4 is 5.69 Å². The molecule has 0 aliphatic carbocycles. The van der Waals surface area contributed by atoms with Crippen molar-refractivity contribution in [1.29, 1.82) is 0 Å². The first-order valence-corrected chi connectivity index (χ1v) is 3.82. The fraction of sp³-hybridized carbons (Fsp3) is 0.200. The molecule has 68 valence electrons. The highest BCUT2D eigenvalue weighted by atomic mass is 19.1. The molecule has 0 saturated heterocycles. The average Bonchev–Trinajstić information content (AvgIpc) is 2.11. The quantitative estimate of drug-likeness (QED) is 0.691. The number of benzene rings is 1. The number of anilines is 1. The van der Waals surface area contributed by atoms with Gasteiger partial charge in [0.15, 0.2) is 0 Å². The van der Waals surface area contributed by atoms with Crippen molar-refractivity contribution < 1.29 is 8.78 Å². The molecule has 0 aliphatic rings. The van der Waals surface area contributed by atoms with Crippen molar-refractivity contribution in [2.75, 3.05) is 11.9 Å². The van der Waals surface area contributed by atoms with Gasteiger partial charge in [0.05, 0.1) is 12.2 Å². The van der Waals surface area contributed by atoms with E-state index >= 15 is 0 Å². The number of halogens is 2. The van der Waals surface area contributed by atoms with Crippen LogP contribution in [0.1, 0.15) is 6.92 Å². The van der Waals surface area contributed by atoms with Gasteiger partial charge in [0.25, 0.3) is 0 Å². The maximum atomic E-state index is 12.9. The normalized spacial score (nSPS) is 8.85. The van der Waals surface area contributed by atoms with Crippen molar-refractivity contribution in [1.82, 2.24) is 0 Å². The SMILES string of the molecule is CC#CCNc1cc(F)ccc1F. The van der Waals surface area contributed by atoms with Gasteiger partial charge in [-0.1, -0.05) is 5.92 Å². The molecule has 0 unspecified atom stereocenters. The molecule has 0 saturated carbocycles. The Kier molecular flexibility index (Phi) is 3.27. The molecule has 1 nitrogen and oxygen atoms in total. The lowest BCUT2D eigenvalue weighted by Crippen LogP contribution is -2.01. The largest absolute Gasteiger partial charge is 0.372 e. The van der Waals surface area contributed by atoms with Gasteiger partial charge in [-0.3, -0.25) is 0 Å². The lowest BCUT2D eigenvalue weighted by molar-refractivity contribution is 0.603. The molecule has 1 rings (SSSR count). The highest BCUT2D eigenvalue weighted by Gasteiger charge is 2.01. The number of rotatable bonds is 2. The van der Waals surface area contributed by atoms with E-state index in [-0.39, 0.29) is 5.69 Å². The molecule has 3 heteroatoms. The Labute approximate surface area is 75.8 Å². The molecule has 0 spiro atoms. The van der Waals surface area contributed by atoms with Gasteiger partial charge in [-0.25, -0.2) is 8.78 Å². The third-order valence-corrected chi connectivity index (χ3v) is 1.47. The van der Waals surface area contributed by atoms with E-state index in [4.69, 9.17) is 0 Å². The van der Waals surface area contributed by atoms with Crippen LogP contribution < -0.4 is 5.32 Å². The van der Waals surface area contributed by atoms with E-state index < -0.39 is 11.6 Å². The summed E-state index contributed by atoms with van der Waals surface area (Å²) in [4.78, 5) is 0. The summed E-state index contributed by atoms with van der Waals surface area (Å²) in [6.07, 6.45) is 0. The van der Waals surface area contributed by atoms with Crippen LogP contribution in [0.15, 0.2) is 18.2 Å². The molecule has 0 fully saturated rings. The molecule has 0 atom stereocenters. The van der Waals surface area contributed by atoms with E-state index in [1.165, 1.54) is 0 Å². The van der Waals surface area contributed by atoms with Crippen LogP contribution >= 0.6 is 0 Å². The summed E-state index contributed by atoms with van der Waals surface area (Å²) in [7, 11) is 0. The van der Waals surface area contributed by atoms with Crippen LogP contribution in [0.25, 0.3) is 0 Å². The Balaban J connectivity index is 2.73. The zero-order valence-corrected chi connectivity index (χ0v) is 7.20. The molecule has 1 N–H and O–H groups in total. The Morgan fingerprint density at radius 3 is 2.85 bits per heavy atom. The summed E-state index contributed by atoms with van der Waals surface area (Å²) in [6.45, 7) is 2.00. The lowest BCUT2D eigenvalue weighted by Gasteiger charge is -2.03. The third kappa shape index (κ3) is 2.75. The van der Waals surface area contributed by atoms with Crippen LogP contribution in [0.4, 0.5) is 14.5 Å². The third-order valence-electron chi connectivity index (χ3n) is 1.47. The molecule has 1 aromatic rings. The second kappa shape index (κ2) is 4.46. The summed E-state index contributed by atoms with van der Waals surface area (Å²) in [5.74, 6) is 4.40. The van der Waals surface area contributed by atoms with Crippen LogP contribution in [0.5, 0.6) is 0 Å². The molecule has 0 aliphatic heterocycles. The fourth-order valence-corrected chi connectivity index (χ4v) is 0.861. The van der Waals surface area contributed by atoms with Crippen molar-refractivity contribution in [2.45, 2.75) is 6.92 Å². The van der Waals surface area contributed by atoms with Crippen molar-refractivity contribution in [3.8, 4) is 11.8 Å². The first kappa shape index (κ1) is 9.53. The summed E-state index contributed by atoms with van der Waals surface area (Å²) in [6, 6.07) is 3.26. The summed E-state index contributed by atoms with van der Waals surface area (Å²) in [5, 5.41) is 2.67. The van der Waals surface area contributed by atoms with Crippen LogP contribution in [-0.4, -0.2) is 6.54 Å². The van der Waals surface area contributed by atoms with Gasteiger partial charge >= 0.3 is 0 Å². The maximum Gasteiger partial charge on any atom is 0.146 e. The topological polar surface area (TPSA) is 12.0 Å². The Bertz CT molecular complexity index is 350. The first-order valence-electron chi connectivity index (χ1n) is 3.82. The molecule has 0 radical (unpaired) electrons. The maximum absolute atomic E-state index is 12.9. The molecule has 0 heterocycles. The summed E-state index contributed by atoms with van der Waals surface area (Å²) < 4.78 is 25.5. The van der Waals surface area contributed by atoms with Crippen molar-refractivity contribution in [3.05, 3.63) is 29.8 Å². The zero-order valence-electron chi connectivity index (χ0n) is 7.20. The molecule has 0 amide bonds. The zero-order chi connectivity index (χ0) is 9.68. The highest BCUT2D eigenvalue weighted by molar-refractivity contribution is 5.45. The number of hydrogen-bond acceptors (Lipinski definition) is 1. The minimum absolute atomic E-state index is 0.141. The predicted octanol–water partition coefficient (Wildman–Crippen LogP) is 2.40. The molecule has 13 heavy (non-hydrogen) atoms. The second-order valence-electron chi connectivity index (χ2n) is 2.40. The van der Waals surface area contributed by atoms with Gasteiger partial charge in [0.1, 0.15) is 11.6 Å². The Morgan fingerprint density at radius 1 is 1.38 bits per heavy atom. The second-order valence-corrected chi connectivity index (χ2v) is 2.40. The van der Waals surface area contributed by atoms with Crippen molar-refractivity contribution in [2.24, 2.45) is 0 Å². The minimum Gasteiger partial charge on any atom is -0.372 e. The van der Waals surface area contributed by atoms with Crippen molar-refractivity contribution in [3.63, 3.8) is 0 Å². The number of hydrogen-bond donors (Lipinski definition) is 1. The van der Waals surface area contributed by atoms with E-state index in [1.807, 2.05) is 0 Å². The predicted molar refractivity (Wildman–Crippen MR) is 48.3 cm³/mol. The standard InChI is InChI=1S/C10H9F2N/c1-2-3-6-13-10-7-8(11)4-5-9(10)12/h4-5,7,13H,6H2,1H3. The van der Waals surface area contributed by atoms with E-state index in [1.54, 1.807) is 6.92 Å². The minimum atomic E-state index is -0.473. The van der Waals surface area contributed by atoms with E-state index in [9.17, 15) is 8.78 Å². The fourth-order valence-electron chi connectivity index (χ4n) is 0.861. The van der Waals surface area contributed by atoms with Gasteiger partial charge in [0, 0.05) is 0 Å². The number of nitrogens with one attached hydrogen (secondary N) is 1. The first-order chi connectivity index (χ1) is 6.24. The van der Waals surface area contributed by atoms with Gasteiger partial charge in [-0.15, -0.1) is 5.92 Å². The Hall–Kier alpha value is -1.56. The van der Waals surface area contributed by atoms with Crippen LogP contribution in [-0.2, 0) is 0 Å². The van der Waals surface area contributed by atoms with Gasteiger partial charge in [-0.05, 0) is 25.1 Å². The lowest BCUT2D eigenvalue weighted by atomic mass is 10.3. The Morgan fingerprint density at radius 2 is 2.15 bits per heavy atom. The van der Waals surface area contributed by atoms with Crippen LogP contribution in [0, 0.1) is 23.5 Å². The molecule has 0 bridgehead atoms. The average molecular weight is 181 g/mol. The monoisotopic (exact) mass is 181 g/mol. The van der Waals surface area contributed by atoms with Gasteiger partial charge in [-0.2, -0.15) is 0 Å². The summed E-state index contributed by atoms with van der Waals surface area (Å²) in [5.41, 5.74) is 0.141.